The van der Waals surface area contributed by atoms with E-state index in [2.05, 4.69) is 5.32 Å². The first kappa shape index (κ1) is 16.8. The van der Waals surface area contributed by atoms with Gasteiger partial charge in [-0.1, -0.05) is 12.1 Å². The van der Waals surface area contributed by atoms with Gasteiger partial charge in [-0.2, -0.15) is 0 Å². The Labute approximate surface area is 144 Å². The molecule has 7 heteroatoms. The van der Waals surface area contributed by atoms with Crippen molar-refractivity contribution in [3.05, 3.63) is 29.8 Å². The zero-order chi connectivity index (χ0) is 17.5. The van der Waals surface area contributed by atoms with Crippen molar-refractivity contribution in [2.45, 2.75) is 43.5 Å². The van der Waals surface area contributed by atoms with E-state index in [0.29, 0.717) is 23.4 Å². The molecule has 0 aromatic heterocycles. The van der Waals surface area contributed by atoms with Gasteiger partial charge < -0.3 is 15.3 Å². The van der Waals surface area contributed by atoms with Crippen LogP contribution in [0.25, 0.3) is 0 Å². The summed E-state index contributed by atoms with van der Waals surface area (Å²) in [7, 11) is 0. The van der Waals surface area contributed by atoms with Crippen LogP contribution in [0.4, 0.5) is 5.69 Å². The van der Waals surface area contributed by atoms with E-state index in [0.717, 1.165) is 6.42 Å². The second kappa shape index (κ2) is 6.12. The monoisotopic (exact) mass is 348 g/mol. The molecule has 2 N–H and O–H groups in total. The molecule has 128 valence electrons. The molecule has 3 rings (SSSR count). The number of aliphatic carboxylic acids is 1. The maximum atomic E-state index is 12.6. The van der Waals surface area contributed by atoms with Gasteiger partial charge in [-0.25, -0.2) is 0 Å². The Kier molecular flexibility index (Phi) is 4.29. The smallest absolute Gasteiger partial charge is 0.310 e. The number of hydrogen-bond donors (Lipinski definition) is 2. The van der Waals surface area contributed by atoms with Crippen molar-refractivity contribution in [3.63, 3.8) is 0 Å². The van der Waals surface area contributed by atoms with Crippen LogP contribution in [0.5, 0.6) is 0 Å². The number of carboxylic acid groups (broad SMARTS) is 1. The molecule has 2 aliphatic rings. The van der Waals surface area contributed by atoms with Crippen LogP contribution in [0.3, 0.4) is 0 Å². The quantitative estimate of drug-likeness (QED) is 0.872. The number of amides is 2. The summed E-state index contributed by atoms with van der Waals surface area (Å²) in [6.07, 6.45) is 1.25. The van der Waals surface area contributed by atoms with Gasteiger partial charge in [0.1, 0.15) is 6.04 Å². The summed E-state index contributed by atoms with van der Waals surface area (Å²) < 4.78 is 0. The molecule has 0 bridgehead atoms. The fraction of sp³-hybridized carbons (Fsp3) is 0.471. The molecule has 0 saturated carbocycles. The number of carbonyl (C=O) groups is 3. The maximum Gasteiger partial charge on any atom is 0.310 e. The molecular weight excluding hydrogens is 328 g/mol. The Bertz CT molecular complexity index is 708. The molecule has 2 saturated heterocycles. The SMILES string of the molecule is CC(C(=O)O)c1cccc(NC(=O)C2CSC3(C)CCC(=O)N23)c1. The van der Waals surface area contributed by atoms with Crippen LogP contribution in [-0.4, -0.2) is 44.5 Å². The Morgan fingerprint density at radius 1 is 1.46 bits per heavy atom. The Balaban J connectivity index is 1.75. The molecule has 24 heavy (non-hydrogen) atoms. The molecule has 3 unspecified atom stereocenters. The second-order valence-corrected chi connectivity index (χ2v) is 7.94. The van der Waals surface area contributed by atoms with Gasteiger partial charge in [-0.15, -0.1) is 11.8 Å². The Morgan fingerprint density at radius 2 is 2.21 bits per heavy atom. The summed E-state index contributed by atoms with van der Waals surface area (Å²) in [5.41, 5.74) is 1.18. The molecule has 3 atom stereocenters. The number of anilines is 1. The maximum absolute atomic E-state index is 12.6. The lowest BCUT2D eigenvalue weighted by atomic mass is 10.0. The number of rotatable bonds is 4. The number of nitrogens with one attached hydrogen (secondary N) is 1. The van der Waals surface area contributed by atoms with Crippen LogP contribution in [0.15, 0.2) is 24.3 Å². The van der Waals surface area contributed by atoms with Gasteiger partial charge in [0.25, 0.3) is 0 Å². The highest BCUT2D eigenvalue weighted by Gasteiger charge is 2.52. The third kappa shape index (κ3) is 2.88. The molecule has 1 aromatic rings. The predicted octanol–water partition coefficient (Wildman–Crippen LogP) is 2.27. The zero-order valence-electron chi connectivity index (χ0n) is 13.6. The average molecular weight is 348 g/mol. The molecule has 1 aromatic carbocycles. The number of carboxylic acids is 1. The van der Waals surface area contributed by atoms with E-state index in [1.807, 2.05) is 6.92 Å². The highest BCUT2D eigenvalue weighted by atomic mass is 32.2. The molecular formula is C17H20N2O4S. The lowest BCUT2D eigenvalue weighted by molar-refractivity contribution is -0.138. The Morgan fingerprint density at radius 3 is 2.92 bits per heavy atom. The fourth-order valence-electron chi connectivity index (χ4n) is 3.27. The third-order valence-corrected chi connectivity index (χ3v) is 6.28. The third-order valence-electron chi connectivity index (χ3n) is 4.77. The summed E-state index contributed by atoms with van der Waals surface area (Å²) in [6.45, 7) is 3.61. The largest absolute Gasteiger partial charge is 0.481 e. The van der Waals surface area contributed by atoms with Crippen LogP contribution in [-0.2, 0) is 14.4 Å². The fourth-order valence-corrected chi connectivity index (χ4v) is 4.70. The predicted molar refractivity (Wildman–Crippen MR) is 91.9 cm³/mol. The van der Waals surface area contributed by atoms with E-state index in [1.165, 1.54) is 0 Å². The highest BCUT2D eigenvalue weighted by Crippen LogP contribution is 2.47. The minimum absolute atomic E-state index is 0.0240. The van der Waals surface area contributed by atoms with E-state index in [-0.39, 0.29) is 16.7 Å². The van der Waals surface area contributed by atoms with Crippen LogP contribution in [0.1, 0.15) is 38.2 Å². The number of benzene rings is 1. The second-order valence-electron chi connectivity index (χ2n) is 6.44. The first-order valence-corrected chi connectivity index (χ1v) is 8.90. The molecule has 2 fully saturated rings. The number of hydrogen-bond acceptors (Lipinski definition) is 4. The van der Waals surface area contributed by atoms with Gasteiger partial charge >= 0.3 is 5.97 Å². The number of carbonyl (C=O) groups excluding carboxylic acids is 2. The normalized spacial score (nSPS) is 27.0. The van der Waals surface area contributed by atoms with E-state index in [9.17, 15) is 14.4 Å². The summed E-state index contributed by atoms with van der Waals surface area (Å²) >= 11 is 1.64. The molecule has 6 nitrogen and oxygen atoms in total. The summed E-state index contributed by atoms with van der Waals surface area (Å²) in [4.78, 5) is 37.3. The van der Waals surface area contributed by atoms with E-state index in [1.54, 1.807) is 47.9 Å². The summed E-state index contributed by atoms with van der Waals surface area (Å²) in [6, 6.07) is 6.36. The minimum Gasteiger partial charge on any atom is -0.481 e. The van der Waals surface area contributed by atoms with E-state index in [4.69, 9.17) is 5.11 Å². The van der Waals surface area contributed by atoms with Crippen molar-refractivity contribution in [1.29, 1.82) is 0 Å². The molecule has 0 aliphatic carbocycles. The van der Waals surface area contributed by atoms with Crippen molar-refractivity contribution in [3.8, 4) is 0 Å². The number of fused-ring (bicyclic) bond motifs is 1. The standard InChI is InChI=1S/C17H20N2O4S/c1-10(16(22)23)11-4-3-5-12(8-11)18-15(21)13-9-24-17(2)7-6-14(20)19(13)17/h3-5,8,10,13H,6-7,9H2,1-2H3,(H,18,21)(H,22,23). The van der Waals surface area contributed by atoms with Gasteiger partial charge in [0.15, 0.2) is 0 Å². The van der Waals surface area contributed by atoms with E-state index >= 15 is 0 Å². The van der Waals surface area contributed by atoms with Crippen LogP contribution in [0, 0.1) is 0 Å². The molecule has 0 spiro atoms. The lowest BCUT2D eigenvalue weighted by Gasteiger charge is -2.29. The number of nitrogens with zero attached hydrogens (tertiary/aromatic N) is 1. The van der Waals surface area contributed by atoms with Crippen molar-refractivity contribution in [2.24, 2.45) is 0 Å². The molecule has 2 amide bonds. The van der Waals surface area contributed by atoms with Crippen molar-refractivity contribution >= 4 is 35.2 Å². The Hall–Kier alpha value is -2.02. The van der Waals surface area contributed by atoms with Gasteiger partial charge in [-0.05, 0) is 38.0 Å². The van der Waals surface area contributed by atoms with Crippen LogP contribution >= 0.6 is 11.8 Å². The molecule has 2 heterocycles. The van der Waals surface area contributed by atoms with Crippen molar-refractivity contribution < 1.29 is 19.5 Å². The van der Waals surface area contributed by atoms with Crippen molar-refractivity contribution in [2.75, 3.05) is 11.1 Å². The lowest BCUT2D eigenvalue weighted by Crippen LogP contribution is -2.48. The van der Waals surface area contributed by atoms with Crippen LogP contribution < -0.4 is 5.32 Å². The van der Waals surface area contributed by atoms with Crippen LogP contribution in [0.2, 0.25) is 0 Å². The first-order valence-electron chi connectivity index (χ1n) is 7.91. The van der Waals surface area contributed by atoms with E-state index < -0.39 is 17.9 Å². The highest BCUT2D eigenvalue weighted by molar-refractivity contribution is 8.01. The first-order chi connectivity index (χ1) is 11.3. The summed E-state index contributed by atoms with van der Waals surface area (Å²) in [5, 5.41) is 11.9. The average Bonchev–Trinajstić information content (AvgIpc) is 3.03. The molecule has 2 aliphatic heterocycles. The number of thioether (sulfide) groups is 1. The van der Waals surface area contributed by atoms with Crippen molar-refractivity contribution in [1.82, 2.24) is 4.90 Å². The van der Waals surface area contributed by atoms with Gasteiger partial charge in [0.05, 0.1) is 10.8 Å². The van der Waals surface area contributed by atoms with Gasteiger partial charge in [-0.3, -0.25) is 14.4 Å². The topological polar surface area (TPSA) is 86.7 Å². The summed E-state index contributed by atoms with van der Waals surface area (Å²) in [5.74, 6) is -1.17. The van der Waals surface area contributed by atoms with Gasteiger partial charge in [0.2, 0.25) is 11.8 Å². The molecule has 0 radical (unpaired) electrons. The minimum atomic E-state index is -0.913. The zero-order valence-corrected chi connectivity index (χ0v) is 14.4. The van der Waals surface area contributed by atoms with Gasteiger partial charge in [0, 0.05) is 17.9 Å².